The highest BCUT2D eigenvalue weighted by atomic mass is 35.5. The Morgan fingerprint density at radius 1 is 1.36 bits per heavy atom. The van der Waals surface area contributed by atoms with Crippen molar-refractivity contribution in [3.05, 3.63) is 28.8 Å². The van der Waals surface area contributed by atoms with E-state index < -0.39 is 5.97 Å². The summed E-state index contributed by atoms with van der Waals surface area (Å²) in [6.45, 7) is 3.51. The molecule has 0 aromatic heterocycles. The van der Waals surface area contributed by atoms with Gasteiger partial charge < -0.3 is 14.7 Å². The summed E-state index contributed by atoms with van der Waals surface area (Å²) in [6, 6.07) is 5.01. The number of carboxylic acids is 1. The van der Waals surface area contributed by atoms with Crippen LogP contribution >= 0.6 is 11.6 Å². The highest BCUT2D eigenvalue weighted by Crippen LogP contribution is 2.27. The maximum absolute atomic E-state index is 12.4. The fourth-order valence-electron chi connectivity index (χ4n) is 2.48. The Balaban J connectivity index is 2.01. The second kappa shape index (κ2) is 7.49. The number of nitrogens with zero attached hydrogens (tertiary/aromatic N) is 1. The van der Waals surface area contributed by atoms with Crippen LogP contribution in [0.1, 0.15) is 36.5 Å². The first-order chi connectivity index (χ1) is 10.5. The number of likely N-dealkylation sites (tertiary alicyclic amines) is 1. The fourth-order valence-corrected chi connectivity index (χ4v) is 2.71. The van der Waals surface area contributed by atoms with Crippen molar-refractivity contribution >= 4 is 23.5 Å². The van der Waals surface area contributed by atoms with Crippen molar-refractivity contribution in [3.8, 4) is 5.75 Å². The van der Waals surface area contributed by atoms with Gasteiger partial charge in [-0.2, -0.15) is 0 Å². The van der Waals surface area contributed by atoms with Crippen molar-refractivity contribution in [2.24, 2.45) is 5.92 Å². The molecule has 0 unspecified atom stereocenters. The Morgan fingerprint density at radius 2 is 2.05 bits per heavy atom. The van der Waals surface area contributed by atoms with E-state index in [4.69, 9.17) is 21.4 Å². The molecule has 1 N–H and O–H groups in total. The van der Waals surface area contributed by atoms with Crippen LogP contribution in [0.4, 0.5) is 0 Å². The Bertz CT molecular complexity index is 553. The van der Waals surface area contributed by atoms with Crippen LogP contribution in [0.15, 0.2) is 18.2 Å². The maximum Gasteiger partial charge on any atom is 0.306 e. The van der Waals surface area contributed by atoms with E-state index in [-0.39, 0.29) is 11.8 Å². The summed E-state index contributed by atoms with van der Waals surface area (Å²) in [5, 5.41) is 9.40. The smallest absolute Gasteiger partial charge is 0.306 e. The molecule has 6 heteroatoms. The minimum absolute atomic E-state index is 0.118. The SMILES string of the molecule is CCCOc1ccc(C(=O)N2CCC(C(=O)O)CC2)cc1Cl. The molecule has 1 heterocycles. The van der Waals surface area contributed by atoms with Gasteiger partial charge in [0, 0.05) is 18.7 Å². The first-order valence-corrected chi connectivity index (χ1v) is 7.85. The number of carbonyl (C=O) groups excluding carboxylic acids is 1. The van der Waals surface area contributed by atoms with E-state index >= 15 is 0 Å². The summed E-state index contributed by atoms with van der Waals surface area (Å²) < 4.78 is 5.48. The molecule has 1 aromatic rings. The lowest BCUT2D eigenvalue weighted by molar-refractivity contribution is -0.143. The zero-order valence-electron chi connectivity index (χ0n) is 12.5. The van der Waals surface area contributed by atoms with Crippen LogP contribution in [0.25, 0.3) is 0 Å². The molecule has 120 valence electrons. The highest BCUT2D eigenvalue weighted by molar-refractivity contribution is 6.32. The third kappa shape index (κ3) is 3.91. The predicted molar refractivity (Wildman–Crippen MR) is 83.5 cm³/mol. The Hall–Kier alpha value is -1.75. The van der Waals surface area contributed by atoms with E-state index in [0.717, 1.165) is 6.42 Å². The molecule has 0 bridgehead atoms. The normalized spacial score (nSPS) is 15.6. The van der Waals surface area contributed by atoms with Crippen molar-refractivity contribution in [2.45, 2.75) is 26.2 Å². The van der Waals surface area contributed by atoms with Crippen molar-refractivity contribution < 1.29 is 19.4 Å². The number of aliphatic carboxylic acids is 1. The summed E-state index contributed by atoms with van der Waals surface area (Å²) in [4.78, 5) is 25.0. The Kier molecular flexibility index (Phi) is 5.66. The average molecular weight is 326 g/mol. The summed E-state index contributed by atoms with van der Waals surface area (Å²) in [7, 11) is 0. The summed E-state index contributed by atoms with van der Waals surface area (Å²) in [5.41, 5.74) is 0.502. The lowest BCUT2D eigenvalue weighted by atomic mass is 9.96. The number of ether oxygens (including phenoxy) is 1. The Morgan fingerprint density at radius 3 is 2.59 bits per heavy atom. The number of halogens is 1. The second-order valence-electron chi connectivity index (χ2n) is 5.40. The van der Waals surface area contributed by atoms with Crippen molar-refractivity contribution in [2.75, 3.05) is 19.7 Å². The summed E-state index contributed by atoms with van der Waals surface area (Å²) in [6.07, 6.45) is 1.87. The topological polar surface area (TPSA) is 66.8 Å². The standard InChI is InChI=1S/C16H20ClNO4/c1-2-9-22-14-4-3-12(10-13(14)17)15(19)18-7-5-11(6-8-18)16(20)21/h3-4,10-11H,2,5-9H2,1H3,(H,20,21). The third-order valence-corrected chi connectivity index (χ3v) is 4.07. The lowest BCUT2D eigenvalue weighted by Gasteiger charge is -2.30. The molecule has 0 radical (unpaired) electrons. The van der Waals surface area contributed by atoms with E-state index in [2.05, 4.69) is 0 Å². The van der Waals surface area contributed by atoms with Gasteiger partial charge in [0.1, 0.15) is 5.75 Å². The molecular weight excluding hydrogens is 306 g/mol. The van der Waals surface area contributed by atoms with Gasteiger partial charge in [0.2, 0.25) is 0 Å². The van der Waals surface area contributed by atoms with Gasteiger partial charge in [-0.3, -0.25) is 9.59 Å². The van der Waals surface area contributed by atoms with E-state index in [1.54, 1.807) is 23.1 Å². The molecule has 0 spiro atoms. The molecule has 0 saturated carbocycles. The molecule has 0 aliphatic carbocycles. The molecule has 1 saturated heterocycles. The highest BCUT2D eigenvalue weighted by Gasteiger charge is 2.27. The third-order valence-electron chi connectivity index (χ3n) is 3.77. The first kappa shape index (κ1) is 16.6. The molecule has 1 amide bonds. The van der Waals surface area contributed by atoms with Crippen molar-refractivity contribution in [1.82, 2.24) is 4.90 Å². The van der Waals surface area contributed by atoms with Crippen LogP contribution in [-0.2, 0) is 4.79 Å². The molecule has 1 fully saturated rings. The summed E-state index contributed by atoms with van der Waals surface area (Å²) >= 11 is 6.14. The van der Waals surface area contributed by atoms with Crippen molar-refractivity contribution in [1.29, 1.82) is 0 Å². The van der Waals surface area contributed by atoms with Crippen LogP contribution in [-0.4, -0.2) is 41.6 Å². The van der Waals surface area contributed by atoms with Crippen LogP contribution < -0.4 is 4.74 Å². The van der Waals surface area contributed by atoms with Crippen molar-refractivity contribution in [3.63, 3.8) is 0 Å². The molecule has 0 atom stereocenters. The van der Waals surface area contributed by atoms with Crippen LogP contribution in [0.5, 0.6) is 5.75 Å². The molecular formula is C16H20ClNO4. The minimum Gasteiger partial charge on any atom is -0.492 e. The zero-order valence-corrected chi connectivity index (χ0v) is 13.3. The molecule has 1 aliphatic rings. The number of benzene rings is 1. The largest absolute Gasteiger partial charge is 0.492 e. The van der Waals surface area contributed by atoms with Crippen LogP contribution in [0.3, 0.4) is 0 Å². The first-order valence-electron chi connectivity index (χ1n) is 7.47. The molecule has 1 aliphatic heterocycles. The van der Waals surface area contributed by atoms with E-state index in [1.807, 2.05) is 6.92 Å². The summed E-state index contributed by atoms with van der Waals surface area (Å²) in [5.74, 6) is -0.678. The molecule has 2 rings (SSSR count). The van der Waals surface area contributed by atoms with Gasteiger partial charge in [0.25, 0.3) is 5.91 Å². The number of carbonyl (C=O) groups is 2. The number of amides is 1. The number of carboxylic acid groups (broad SMARTS) is 1. The van der Waals surface area contributed by atoms with E-state index in [0.29, 0.717) is 48.9 Å². The second-order valence-corrected chi connectivity index (χ2v) is 5.81. The van der Waals surface area contributed by atoms with Gasteiger partial charge in [0.05, 0.1) is 17.5 Å². The molecule has 5 nitrogen and oxygen atoms in total. The monoisotopic (exact) mass is 325 g/mol. The van der Waals surface area contributed by atoms with Gasteiger partial charge >= 0.3 is 5.97 Å². The van der Waals surface area contributed by atoms with Gasteiger partial charge in [-0.25, -0.2) is 0 Å². The number of piperidine rings is 1. The Labute approximate surface area is 134 Å². The number of hydrogen-bond acceptors (Lipinski definition) is 3. The van der Waals surface area contributed by atoms with Gasteiger partial charge in [-0.1, -0.05) is 18.5 Å². The zero-order chi connectivity index (χ0) is 16.1. The average Bonchev–Trinajstić information content (AvgIpc) is 2.53. The molecule has 1 aromatic carbocycles. The van der Waals surface area contributed by atoms with Crippen LogP contribution in [0.2, 0.25) is 5.02 Å². The van der Waals surface area contributed by atoms with E-state index in [9.17, 15) is 9.59 Å². The fraction of sp³-hybridized carbons (Fsp3) is 0.500. The predicted octanol–water partition coefficient (Wildman–Crippen LogP) is 3.07. The number of rotatable bonds is 5. The van der Waals surface area contributed by atoms with Gasteiger partial charge in [0.15, 0.2) is 0 Å². The van der Waals surface area contributed by atoms with Gasteiger partial charge in [-0.15, -0.1) is 0 Å². The van der Waals surface area contributed by atoms with Gasteiger partial charge in [-0.05, 0) is 37.5 Å². The number of hydrogen-bond donors (Lipinski definition) is 1. The quantitative estimate of drug-likeness (QED) is 0.903. The van der Waals surface area contributed by atoms with E-state index in [1.165, 1.54) is 0 Å². The lowest BCUT2D eigenvalue weighted by Crippen LogP contribution is -2.40. The minimum atomic E-state index is -0.785. The van der Waals surface area contributed by atoms with Crippen LogP contribution in [0, 0.1) is 5.92 Å². The maximum atomic E-state index is 12.4. The molecule has 22 heavy (non-hydrogen) atoms.